The van der Waals surface area contributed by atoms with E-state index in [-0.39, 0.29) is 11.8 Å². The molecule has 1 amide bonds. The van der Waals surface area contributed by atoms with Gasteiger partial charge in [0, 0.05) is 44.7 Å². The van der Waals surface area contributed by atoms with Crippen LogP contribution < -0.4 is 10.5 Å². The van der Waals surface area contributed by atoms with Crippen LogP contribution in [0.15, 0.2) is 48.5 Å². The number of unbranched alkanes of at least 4 members (excludes halogenated alkanes) is 1. The second kappa shape index (κ2) is 12.9. The molecular formula is C28H40N2O4. The van der Waals surface area contributed by atoms with Crippen LogP contribution in [0.4, 0.5) is 0 Å². The molecule has 0 bridgehead atoms. The average molecular weight is 469 g/mol. The van der Waals surface area contributed by atoms with Gasteiger partial charge < -0.3 is 25.2 Å². The quantitative estimate of drug-likeness (QED) is 0.438. The Labute approximate surface area is 204 Å². The summed E-state index contributed by atoms with van der Waals surface area (Å²) in [6.45, 7) is 4.46. The first kappa shape index (κ1) is 26.2. The summed E-state index contributed by atoms with van der Waals surface area (Å²) in [5, 5.41) is 12.3. The molecule has 3 N–H and O–H groups in total. The molecular weight excluding hydrogens is 428 g/mol. The van der Waals surface area contributed by atoms with Gasteiger partial charge in [-0.2, -0.15) is 0 Å². The molecule has 0 radical (unpaired) electrons. The molecule has 1 heterocycles. The van der Waals surface area contributed by atoms with Crippen molar-refractivity contribution in [1.29, 1.82) is 0 Å². The monoisotopic (exact) mass is 468 g/mol. The van der Waals surface area contributed by atoms with Crippen molar-refractivity contribution in [3.05, 3.63) is 59.7 Å². The molecule has 0 spiro atoms. The number of amides is 1. The number of benzene rings is 2. The summed E-state index contributed by atoms with van der Waals surface area (Å²) in [4.78, 5) is 14.7. The number of carbonyl (C=O) groups excluding carboxylic acids is 1. The minimum Gasteiger partial charge on any atom is -0.457 e. The van der Waals surface area contributed by atoms with Gasteiger partial charge in [0.15, 0.2) is 0 Å². The molecule has 6 nitrogen and oxygen atoms in total. The topological polar surface area (TPSA) is 85.0 Å². The Bertz CT molecular complexity index is 919. The van der Waals surface area contributed by atoms with Crippen LogP contribution in [0.5, 0.6) is 11.5 Å². The van der Waals surface area contributed by atoms with Gasteiger partial charge in [-0.25, -0.2) is 0 Å². The van der Waals surface area contributed by atoms with E-state index < -0.39 is 5.60 Å². The van der Waals surface area contributed by atoms with Crippen LogP contribution in [-0.2, 0) is 15.1 Å². The van der Waals surface area contributed by atoms with E-state index in [0.29, 0.717) is 44.7 Å². The lowest BCUT2D eigenvalue weighted by Gasteiger charge is -2.43. The number of ether oxygens (including phenoxy) is 2. The summed E-state index contributed by atoms with van der Waals surface area (Å²) in [5.74, 6) is 1.49. The van der Waals surface area contributed by atoms with Gasteiger partial charge in [0.1, 0.15) is 11.5 Å². The van der Waals surface area contributed by atoms with Crippen LogP contribution in [0.1, 0.15) is 56.1 Å². The zero-order valence-corrected chi connectivity index (χ0v) is 20.7. The van der Waals surface area contributed by atoms with Gasteiger partial charge in [0.25, 0.3) is 0 Å². The third-order valence-corrected chi connectivity index (χ3v) is 6.87. The minimum atomic E-state index is -1.11. The lowest BCUT2D eigenvalue weighted by Crippen LogP contribution is -2.48. The number of methoxy groups -OCH3 is 1. The van der Waals surface area contributed by atoms with Crippen molar-refractivity contribution in [3.63, 3.8) is 0 Å². The molecule has 0 saturated carbocycles. The molecule has 0 aliphatic carbocycles. The summed E-state index contributed by atoms with van der Waals surface area (Å²) >= 11 is 0. The van der Waals surface area contributed by atoms with E-state index in [1.165, 1.54) is 0 Å². The van der Waals surface area contributed by atoms with Gasteiger partial charge in [0.05, 0.1) is 5.60 Å². The first-order valence-corrected chi connectivity index (χ1v) is 12.5. The molecule has 2 atom stereocenters. The third kappa shape index (κ3) is 6.59. The number of hydrogen-bond donors (Lipinski definition) is 2. The molecule has 34 heavy (non-hydrogen) atoms. The fraction of sp³-hybridized carbons (Fsp3) is 0.536. The number of hydrogen-bond acceptors (Lipinski definition) is 5. The van der Waals surface area contributed by atoms with Crippen molar-refractivity contribution in [2.45, 2.75) is 57.5 Å². The largest absolute Gasteiger partial charge is 0.457 e. The highest BCUT2D eigenvalue weighted by molar-refractivity contribution is 5.76. The number of para-hydroxylation sites is 2. The zero-order valence-electron chi connectivity index (χ0n) is 20.7. The highest BCUT2D eigenvalue weighted by Crippen LogP contribution is 2.44. The van der Waals surface area contributed by atoms with E-state index in [2.05, 4.69) is 0 Å². The highest BCUT2D eigenvalue weighted by Gasteiger charge is 2.42. The number of nitrogens with two attached hydrogens (primary N) is 1. The Kier molecular flexibility index (Phi) is 9.93. The summed E-state index contributed by atoms with van der Waals surface area (Å²) < 4.78 is 11.6. The Hall–Kier alpha value is -2.41. The molecule has 0 aromatic heterocycles. The minimum absolute atomic E-state index is 0.0766. The van der Waals surface area contributed by atoms with Crippen molar-refractivity contribution >= 4 is 5.91 Å². The molecule has 6 heteroatoms. The molecule has 1 aliphatic rings. The second-order valence-corrected chi connectivity index (χ2v) is 9.31. The molecule has 1 aliphatic heterocycles. The number of likely N-dealkylation sites (tertiary alicyclic amines) is 1. The third-order valence-electron chi connectivity index (χ3n) is 6.87. The molecule has 2 aromatic rings. The molecule has 186 valence electrons. The standard InChI is InChI=1S/C28H40N2O4/c1-22-11-3-5-14-25(22)34-26-15-6-4-13-24(26)28(32,17-7-8-20-33-2)23-12-10-19-30(21-23)27(31)16-9-18-29/h3-6,11,13-15,23,32H,7-10,12,16-21,29H2,1-2H3/t23?,28-/m0/s1. The Morgan fingerprint density at radius 2 is 1.85 bits per heavy atom. The summed E-state index contributed by atoms with van der Waals surface area (Å²) in [7, 11) is 1.70. The first-order chi connectivity index (χ1) is 16.5. The molecule has 3 rings (SSSR count). The van der Waals surface area contributed by atoms with Gasteiger partial charge in [-0.05, 0) is 69.7 Å². The smallest absolute Gasteiger partial charge is 0.222 e. The van der Waals surface area contributed by atoms with Crippen molar-refractivity contribution in [1.82, 2.24) is 4.90 Å². The molecule has 1 fully saturated rings. The summed E-state index contributed by atoms with van der Waals surface area (Å²) in [6.07, 6.45) is 5.16. The van der Waals surface area contributed by atoms with Gasteiger partial charge in [-0.3, -0.25) is 4.79 Å². The van der Waals surface area contributed by atoms with Crippen molar-refractivity contribution < 1.29 is 19.4 Å². The zero-order chi connectivity index (χ0) is 24.4. The van der Waals surface area contributed by atoms with Gasteiger partial charge >= 0.3 is 0 Å². The number of nitrogens with zero attached hydrogens (tertiary/aromatic N) is 1. The second-order valence-electron chi connectivity index (χ2n) is 9.31. The highest BCUT2D eigenvalue weighted by atomic mass is 16.5. The van der Waals surface area contributed by atoms with Gasteiger partial charge in [-0.1, -0.05) is 36.4 Å². The van der Waals surface area contributed by atoms with Crippen molar-refractivity contribution in [3.8, 4) is 11.5 Å². The first-order valence-electron chi connectivity index (χ1n) is 12.5. The van der Waals surface area contributed by atoms with Gasteiger partial charge in [0.2, 0.25) is 5.91 Å². The van der Waals surface area contributed by atoms with Crippen LogP contribution in [-0.4, -0.2) is 49.3 Å². The fourth-order valence-corrected chi connectivity index (χ4v) is 4.91. The van der Waals surface area contributed by atoms with E-state index in [1.54, 1.807) is 7.11 Å². The fourth-order valence-electron chi connectivity index (χ4n) is 4.91. The predicted octanol–water partition coefficient (Wildman–Crippen LogP) is 4.77. The van der Waals surface area contributed by atoms with E-state index in [9.17, 15) is 9.90 Å². The predicted molar refractivity (Wildman–Crippen MR) is 135 cm³/mol. The van der Waals surface area contributed by atoms with Crippen LogP contribution in [0.2, 0.25) is 0 Å². The van der Waals surface area contributed by atoms with E-state index >= 15 is 0 Å². The average Bonchev–Trinajstić information content (AvgIpc) is 2.87. The van der Waals surface area contributed by atoms with E-state index in [0.717, 1.165) is 49.1 Å². The van der Waals surface area contributed by atoms with Crippen LogP contribution >= 0.6 is 0 Å². The van der Waals surface area contributed by atoms with Crippen molar-refractivity contribution in [2.75, 3.05) is 33.4 Å². The number of rotatable bonds is 12. The molecule has 2 aromatic carbocycles. The van der Waals surface area contributed by atoms with Gasteiger partial charge in [-0.15, -0.1) is 0 Å². The maximum absolute atomic E-state index is 12.8. The lowest BCUT2D eigenvalue weighted by atomic mass is 9.73. The summed E-state index contributed by atoms with van der Waals surface area (Å²) in [5.41, 5.74) is 6.33. The SMILES string of the molecule is COCCCC[C@@](O)(c1ccccc1Oc1ccccc1C)C1CCCN(C(=O)CCCN)C1. The number of aliphatic hydroxyl groups is 1. The molecule has 1 unspecified atom stereocenters. The summed E-state index contributed by atoms with van der Waals surface area (Å²) in [6, 6.07) is 15.7. The van der Waals surface area contributed by atoms with Crippen molar-refractivity contribution in [2.24, 2.45) is 11.7 Å². The van der Waals surface area contributed by atoms with E-state index in [4.69, 9.17) is 15.2 Å². The number of aryl methyl sites for hydroxylation is 1. The van der Waals surface area contributed by atoms with E-state index in [1.807, 2.05) is 60.4 Å². The van der Waals surface area contributed by atoms with Crippen LogP contribution in [0.25, 0.3) is 0 Å². The normalized spacial score (nSPS) is 17.9. The van der Waals surface area contributed by atoms with Crippen LogP contribution in [0.3, 0.4) is 0 Å². The number of piperidine rings is 1. The molecule has 1 saturated heterocycles. The maximum atomic E-state index is 12.8. The number of carbonyl (C=O) groups is 1. The Morgan fingerprint density at radius 3 is 2.59 bits per heavy atom. The van der Waals surface area contributed by atoms with Crippen LogP contribution in [0, 0.1) is 12.8 Å². The Morgan fingerprint density at radius 1 is 1.12 bits per heavy atom. The maximum Gasteiger partial charge on any atom is 0.222 e. The Balaban J connectivity index is 1.91. The lowest BCUT2D eigenvalue weighted by molar-refractivity contribution is -0.136.